The summed E-state index contributed by atoms with van der Waals surface area (Å²) < 4.78 is 1.44. The van der Waals surface area contributed by atoms with Gasteiger partial charge in [0.05, 0.1) is 23.3 Å². The van der Waals surface area contributed by atoms with Gasteiger partial charge in [0.25, 0.3) is 0 Å². The molecular formula is C13H17ClN6O. The van der Waals surface area contributed by atoms with Crippen LogP contribution in [0.25, 0.3) is 0 Å². The van der Waals surface area contributed by atoms with Crippen LogP contribution < -0.4 is 16.0 Å². The molecule has 0 spiro atoms. The summed E-state index contributed by atoms with van der Waals surface area (Å²) in [5.41, 5.74) is 7.61. The van der Waals surface area contributed by atoms with Crippen LogP contribution in [0.3, 0.4) is 0 Å². The Labute approximate surface area is 127 Å². The van der Waals surface area contributed by atoms with Crippen molar-refractivity contribution >= 4 is 28.9 Å². The molecule has 2 rings (SSSR count). The van der Waals surface area contributed by atoms with E-state index < -0.39 is 0 Å². The Morgan fingerprint density at radius 1 is 1.48 bits per heavy atom. The Bertz CT molecular complexity index is 639. The number of nitrogens with one attached hydrogen (secondary N) is 1. The lowest BCUT2D eigenvalue weighted by atomic mass is 10.2. The van der Waals surface area contributed by atoms with E-state index in [0.717, 1.165) is 5.69 Å². The molecule has 7 nitrogen and oxygen atoms in total. The number of anilines is 2. The van der Waals surface area contributed by atoms with Crippen molar-refractivity contribution < 1.29 is 4.79 Å². The molecule has 0 saturated carbocycles. The summed E-state index contributed by atoms with van der Waals surface area (Å²) in [6, 6.07) is 5.33. The molecule has 0 atom stereocenters. The predicted octanol–water partition coefficient (Wildman–Crippen LogP) is 1.09. The number of aromatic nitrogens is 3. The third-order valence-electron chi connectivity index (χ3n) is 2.82. The van der Waals surface area contributed by atoms with E-state index in [-0.39, 0.29) is 12.5 Å². The number of amides is 1. The predicted molar refractivity (Wildman–Crippen MR) is 82.3 cm³/mol. The van der Waals surface area contributed by atoms with Crippen molar-refractivity contribution in [3.05, 3.63) is 35.1 Å². The molecule has 0 unspecified atom stereocenters. The van der Waals surface area contributed by atoms with Gasteiger partial charge in [0.1, 0.15) is 6.54 Å². The van der Waals surface area contributed by atoms with E-state index in [2.05, 4.69) is 15.6 Å². The van der Waals surface area contributed by atoms with Crippen molar-refractivity contribution in [2.24, 2.45) is 5.73 Å². The lowest BCUT2D eigenvalue weighted by Crippen LogP contribution is -2.21. The lowest BCUT2D eigenvalue weighted by molar-refractivity contribution is -0.116. The number of carbonyl (C=O) groups is 1. The molecule has 0 aliphatic rings. The first-order valence-corrected chi connectivity index (χ1v) is 6.73. The van der Waals surface area contributed by atoms with Crippen LogP contribution in [0.4, 0.5) is 11.4 Å². The van der Waals surface area contributed by atoms with Crippen LogP contribution in [0.2, 0.25) is 5.02 Å². The number of halogens is 1. The van der Waals surface area contributed by atoms with Gasteiger partial charge in [-0.2, -0.15) is 0 Å². The smallest absolute Gasteiger partial charge is 0.246 e. The first kappa shape index (κ1) is 15.3. The summed E-state index contributed by atoms with van der Waals surface area (Å²) in [6.45, 7) is 0.354. The van der Waals surface area contributed by atoms with Crippen LogP contribution in [-0.4, -0.2) is 35.0 Å². The maximum atomic E-state index is 12.1. The molecule has 8 heteroatoms. The van der Waals surface area contributed by atoms with Gasteiger partial charge in [-0.25, -0.2) is 4.68 Å². The van der Waals surface area contributed by atoms with Crippen LogP contribution in [0.5, 0.6) is 0 Å². The van der Waals surface area contributed by atoms with Gasteiger partial charge in [0.15, 0.2) is 0 Å². The van der Waals surface area contributed by atoms with Gasteiger partial charge >= 0.3 is 0 Å². The minimum Gasteiger partial charge on any atom is -0.376 e. The maximum absolute atomic E-state index is 12.1. The molecule has 1 amide bonds. The molecule has 0 bridgehead atoms. The molecule has 2 aromatic rings. The molecular weight excluding hydrogens is 292 g/mol. The molecule has 0 radical (unpaired) electrons. The van der Waals surface area contributed by atoms with Crippen molar-refractivity contribution in [2.45, 2.75) is 13.1 Å². The Balaban J connectivity index is 2.10. The highest BCUT2D eigenvalue weighted by Crippen LogP contribution is 2.27. The summed E-state index contributed by atoms with van der Waals surface area (Å²) in [7, 11) is 3.79. The summed E-state index contributed by atoms with van der Waals surface area (Å²) in [4.78, 5) is 14.0. The molecule has 0 aliphatic carbocycles. The first-order valence-electron chi connectivity index (χ1n) is 6.35. The fourth-order valence-corrected chi connectivity index (χ4v) is 2.02. The van der Waals surface area contributed by atoms with Gasteiger partial charge < -0.3 is 16.0 Å². The normalized spacial score (nSPS) is 10.5. The van der Waals surface area contributed by atoms with E-state index in [1.54, 1.807) is 18.3 Å². The van der Waals surface area contributed by atoms with Crippen LogP contribution in [0, 0.1) is 0 Å². The topological polar surface area (TPSA) is 89.1 Å². The summed E-state index contributed by atoms with van der Waals surface area (Å²) in [5.74, 6) is -0.214. The minimum absolute atomic E-state index is 0.0619. The van der Waals surface area contributed by atoms with Crippen LogP contribution in [-0.2, 0) is 17.9 Å². The zero-order chi connectivity index (χ0) is 15.4. The highest BCUT2D eigenvalue weighted by atomic mass is 35.5. The van der Waals surface area contributed by atoms with Gasteiger partial charge in [0.2, 0.25) is 5.91 Å². The fourth-order valence-electron chi connectivity index (χ4n) is 1.84. The van der Waals surface area contributed by atoms with E-state index in [4.69, 9.17) is 17.3 Å². The Morgan fingerprint density at radius 3 is 2.86 bits per heavy atom. The molecule has 3 N–H and O–H groups in total. The largest absolute Gasteiger partial charge is 0.376 e. The highest BCUT2D eigenvalue weighted by molar-refractivity contribution is 6.31. The summed E-state index contributed by atoms with van der Waals surface area (Å²) >= 11 is 5.98. The third-order valence-corrected chi connectivity index (χ3v) is 3.05. The van der Waals surface area contributed by atoms with Gasteiger partial charge in [-0.05, 0) is 18.2 Å². The van der Waals surface area contributed by atoms with Crippen molar-refractivity contribution in [2.75, 3.05) is 24.3 Å². The maximum Gasteiger partial charge on any atom is 0.246 e. The highest BCUT2D eigenvalue weighted by Gasteiger charge is 2.10. The van der Waals surface area contributed by atoms with Crippen LogP contribution in [0.1, 0.15) is 5.69 Å². The van der Waals surface area contributed by atoms with Crippen molar-refractivity contribution in [1.82, 2.24) is 15.0 Å². The number of hydrogen-bond acceptors (Lipinski definition) is 5. The van der Waals surface area contributed by atoms with Gasteiger partial charge in [-0.3, -0.25) is 4.79 Å². The van der Waals surface area contributed by atoms with E-state index in [9.17, 15) is 4.79 Å². The molecule has 1 heterocycles. The van der Waals surface area contributed by atoms with Crippen LogP contribution in [0.15, 0.2) is 24.4 Å². The minimum atomic E-state index is -0.214. The first-order chi connectivity index (χ1) is 9.99. The Morgan fingerprint density at radius 2 is 2.24 bits per heavy atom. The van der Waals surface area contributed by atoms with Crippen molar-refractivity contribution in [1.29, 1.82) is 0 Å². The molecule has 0 aliphatic heterocycles. The average Bonchev–Trinajstić information content (AvgIpc) is 2.85. The lowest BCUT2D eigenvalue weighted by Gasteiger charge is -2.18. The van der Waals surface area contributed by atoms with E-state index in [1.807, 2.05) is 25.1 Å². The van der Waals surface area contributed by atoms with Crippen molar-refractivity contribution in [3.63, 3.8) is 0 Å². The SMILES string of the molecule is CN(C)c1ccc(Cl)cc1NC(=O)Cn1cc(CN)nn1. The van der Waals surface area contributed by atoms with Gasteiger partial charge in [-0.1, -0.05) is 16.8 Å². The molecule has 0 fully saturated rings. The van der Waals surface area contributed by atoms with Crippen LogP contribution >= 0.6 is 11.6 Å². The number of nitrogens with zero attached hydrogens (tertiary/aromatic N) is 4. The molecule has 21 heavy (non-hydrogen) atoms. The Kier molecular flexibility index (Phi) is 4.77. The fraction of sp³-hybridized carbons (Fsp3) is 0.308. The standard InChI is InChI=1S/C13H17ClN6O/c1-19(2)12-4-3-9(14)5-11(12)16-13(21)8-20-7-10(6-15)17-18-20/h3-5,7H,6,8,15H2,1-2H3,(H,16,21). The molecule has 1 aromatic carbocycles. The number of rotatable bonds is 5. The van der Waals surface area contributed by atoms with Gasteiger partial charge in [-0.15, -0.1) is 5.10 Å². The molecule has 1 aromatic heterocycles. The second-order valence-electron chi connectivity index (χ2n) is 4.72. The number of nitrogens with two attached hydrogens (primary N) is 1. The second kappa shape index (κ2) is 6.55. The van der Waals surface area contributed by atoms with Gasteiger partial charge in [0, 0.05) is 25.7 Å². The van der Waals surface area contributed by atoms with E-state index >= 15 is 0 Å². The second-order valence-corrected chi connectivity index (χ2v) is 5.15. The van der Waals surface area contributed by atoms with E-state index in [0.29, 0.717) is 22.9 Å². The van der Waals surface area contributed by atoms with E-state index in [1.165, 1.54) is 4.68 Å². The van der Waals surface area contributed by atoms with Crippen molar-refractivity contribution in [3.8, 4) is 0 Å². The number of carbonyl (C=O) groups excluding carboxylic acids is 1. The molecule has 0 saturated heterocycles. The molecule has 112 valence electrons. The quantitative estimate of drug-likeness (QED) is 0.863. The third kappa shape index (κ3) is 3.93. The summed E-state index contributed by atoms with van der Waals surface area (Å²) in [6.07, 6.45) is 1.64. The summed E-state index contributed by atoms with van der Waals surface area (Å²) in [5, 5.41) is 11.0. The Hall–Kier alpha value is -2.12. The zero-order valence-electron chi connectivity index (χ0n) is 11.9. The number of benzene rings is 1. The average molecular weight is 309 g/mol. The monoisotopic (exact) mass is 308 g/mol. The number of hydrogen-bond donors (Lipinski definition) is 2. The zero-order valence-corrected chi connectivity index (χ0v) is 12.6.